The Hall–Kier alpha value is -1.05. The van der Waals surface area contributed by atoms with E-state index in [0.29, 0.717) is 0 Å². The Morgan fingerprint density at radius 3 is 2.88 bits per heavy atom. The van der Waals surface area contributed by atoms with Gasteiger partial charge in [-0.2, -0.15) is 0 Å². The molecule has 0 amide bonds. The van der Waals surface area contributed by atoms with Crippen molar-refractivity contribution in [3.05, 3.63) is 0 Å². The van der Waals surface area contributed by atoms with Gasteiger partial charge < -0.3 is 15.3 Å². The zero-order chi connectivity index (χ0) is 12.0. The average Bonchev–Trinajstić information content (AvgIpc) is 2.71. The Bertz CT molecular complexity index is 302. The maximum absolute atomic E-state index is 8.96. The van der Waals surface area contributed by atoms with E-state index in [9.17, 15) is 0 Å². The smallest absolute Gasteiger partial charge is 0.141 e. The molecule has 1 heterocycles. The number of nitrogens with zero attached hydrogens (tertiary/aromatic N) is 1. The third kappa shape index (κ3) is 3.84. The second kappa shape index (κ2) is 6.51. The van der Waals surface area contributed by atoms with E-state index in [4.69, 9.17) is 9.94 Å². The SMILES string of the molecule is CC#C/C(=N\O[C@H]1CN[C@H](CO)C1)C(C)C. The molecule has 1 aliphatic heterocycles. The second-order valence-electron chi connectivity index (χ2n) is 4.26. The lowest BCUT2D eigenvalue weighted by atomic mass is 10.1. The molecule has 90 valence electrons. The topological polar surface area (TPSA) is 53.8 Å². The molecular weight excluding hydrogens is 204 g/mol. The summed E-state index contributed by atoms with van der Waals surface area (Å²) in [6.45, 7) is 6.75. The molecule has 16 heavy (non-hydrogen) atoms. The van der Waals surface area contributed by atoms with Crippen LogP contribution in [-0.2, 0) is 4.84 Å². The quantitative estimate of drug-likeness (QED) is 0.421. The van der Waals surface area contributed by atoms with E-state index in [1.165, 1.54) is 0 Å². The van der Waals surface area contributed by atoms with Gasteiger partial charge in [0.25, 0.3) is 0 Å². The van der Waals surface area contributed by atoms with Crippen LogP contribution in [0.3, 0.4) is 0 Å². The van der Waals surface area contributed by atoms with Gasteiger partial charge in [0.1, 0.15) is 11.8 Å². The van der Waals surface area contributed by atoms with E-state index in [1.54, 1.807) is 6.92 Å². The van der Waals surface area contributed by atoms with Crippen molar-refractivity contribution >= 4 is 5.71 Å². The van der Waals surface area contributed by atoms with Crippen LogP contribution < -0.4 is 5.32 Å². The number of aliphatic hydroxyl groups is 1. The van der Waals surface area contributed by atoms with Gasteiger partial charge in [0.15, 0.2) is 0 Å². The fourth-order valence-electron chi connectivity index (χ4n) is 1.53. The van der Waals surface area contributed by atoms with Crippen molar-refractivity contribution in [2.24, 2.45) is 11.1 Å². The minimum absolute atomic E-state index is 0.0459. The summed E-state index contributed by atoms with van der Waals surface area (Å²) in [5.41, 5.74) is 0.773. The molecule has 4 nitrogen and oxygen atoms in total. The first-order valence-electron chi connectivity index (χ1n) is 5.68. The van der Waals surface area contributed by atoms with Gasteiger partial charge in [-0.3, -0.25) is 0 Å². The Labute approximate surface area is 97.1 Å². The summed E-state index contributed by atoms with van der Waals surface area (Å²) >= 11 is 0. The summed E-state index contributed by atoms with van der Waals surface area (Å²) in [6, 6.07) is 0.139. The zero-order valence-corrected chi connectivity index (χ0v) is 10.2. The highest BCUT2D eigenvalue weighted by Gasteiger charge is 2.24. The average molecular weight is 224 g/mol. The van der Waals surface area contributed by atoms with Crippen LogP contribution >= 0.6 is 0 Å². The highest BCUT2D eigenvalue weighted by atomic mass is 16.6. The van der Waals surface area contributed by atoms with Crippen molar-refractivity contribution in [1.82, 2.24) is 5.32 Å². The highest BCUT2D eigenvalue weighted by molar-refractivity contribution is 6.01. The summed E-state index contributed by atoms with van der Waals surface area (Å²) in [7, 11) is 0. The van der Waals surface area contributed by atoms with Crippen molar-refractivity contribution in [1.29, 1.82) is 0 Å². The van der Waals surface area contributed by atoms with Gasteiger partial charge in [0.05, 0.1) is 6.61 Å². The van der Waals surface area contributed by atoms with Gasteiger partial charge in [0.2, 0.25) is 0 Å². The third-order valence-corrected chi connectivity index (χ3v) is 2.50. The Balaban J connectivity index is 2.47. The molecule has 2 atom stereocenters. The van der Waals surface area contributed by atoms with Gasteiger partial charge in [-0.25, -0.2) is 0 Å². The van der Waals surface area contributed by atoms with E-state index in [1.807, 2.05) is 13.8 Å². The normalized spacial score (nSPS) is 25.4. The fraction of sp³-hybridized carbons (Fsp3) is 0.750. The number of rotatable bonds is 4. The van der Waals surface area contributed by atoms with E-state index in [2.05, 4.69) is 22.3 Å². The molecule has 1 rings (SSSR count). The monoisotopic (exact) mass is 224 g/mol. The molecule has 2 N–H and O–H groups in total. The Morgan fingerprint density at radius 1 is 1.62 bits per heavy atom. The number of oxime groups is 1. The van der Waals surface area contributed by atoms with Crippen LogP contribution in [0.5, 0.6) is 0 Å². The van der Waals surface area contributed by atoms with Crippen molar-refractivity contribution in [3.8, 4) is 11.8 Å². The van der Waals surface area contributed by atoms with Crippen LogP contribution in [0.15, 0.2) is 5.16 Å². The van der Waals surface area contributed by atoms with Crippen molar-refractivity contribution in [2.45, 2.75) is 39.3 Å². The van der Waals surface area contributed by atoms with Crippen LogP contribution in [0.1, 0.15) is 27.2 Å². The number of nitrogens with one attached hydrogen (secondary N) is 1. The van der Waals surface area contributed by atoms with Gasteiger partial charge in [-0.05, 0) is 12.8 Å². The second-order valence-corrected chi connectivity index (χ2v) is 4.26. The van der Waals surface area contributed by atoms with Crippen molar-refractivity contribution in [3.63, 3.8) is 0 Å². The van der Waals surface area contributed by atoms with E-state index >= 15 is 0 Å². The van der Waals surface area contributed by atoms with Gasteiger partial charge in [-0.1, -0.05) is 24.9 Å². The molecule has 0 radical (unpaired) electrons. The molecule has 4 heteroatoms. The predicted octanol–water partition coefficient (Wildman–Crippen LogP) is 0.761. The van der Waals surface area contributed by atoms with Crippen LogP contribution in [0.2, 0.25) is 0 Å². The van der Waals surface area contributed by atoms with Gasteiger partial charge in [0, 0.05) is 24.9 Å². The van der Waals surface area contributed by atoms with Crippen molar-refractivity contribution < 1.29 is 9.94 Å². The molecule has 1 saturated heterocycles. The largest absolute Gasteiger partial charge is 0.395 e. The molecule has 0 spiro atoms. The molecule has 0 saturated carbocycles. The molecule has 0 aromatic rings. The lowest BCUT2D eigenvalue weighted by Gasteiger charge is -2.08. The van der Waals surface area contributed by atoms with E-state index in [-0.39, 0.29) is 24.7 Å². The number of hydrogen-bond donors (Lipinski definition) is 2. The van der Waals surface area contributed by atoms with Crippen LogP contribution in [-0.4, -0.2) is 36.1 Å². The Kier molecular flexibility index (Phi) is 5.30. The van der Waals surface area contributed by atoms with E-state index < -0.39 is 0 Å². The summed E-state index contributed by atoms with van der Waals surface area (Å²) in [6.07, 6.45) is 0.842. The number of aliphatic hydroxyl groups excluding tert-OH is 1. The highest BCUT2D eigenvalue weighted by Crippen LogP contribution is 2.11. The standard InChI is InChI=1S/C12H20N2O2/c1-4-5-12(9(2)3)14-16-11-6-10(8-15)13-7-11/h9-11,13,15H,6-8H2,1-3H3/b14-12+/t10-,11+/m0/s1. The molecular formula is C12H20N2O2. The van der Waals surface area contributed by atoms with Gasteiger partial charge >= 0.3 is 0 Å². The molecule has 0 aliphatic carbocycles. The summed E-state index contributed by atoms with van der Waals surface area (Å²) in [5, 5.41) is 16.2. The Morgan fingerprint density at radius 2 is 2.38 bits per heavy atom. The molecule has 1 aliphatic rings. The molecule has 0 aromatic carbocycles. The zero-order valence-electron chi connectivity index (χ0n) is 10.2. The van der Waals surface area contributed by atoms with Crippen LogP contribution in [0.4, 0.5) is 0 Å². The maximum atomic E-state index is 8.96. The first-order chi connectivity index (χ1) is 7.67. The third-order valence-electron chi connectivity index (χ3n) is 2.50. The van der Waals surface area contributed by atoms with Gasteiger partial charge in [-0.15, -0.1) is 0 Å². The van der Waals surface area contributed by atoms with Crippen LogP contribution in [0.25, 0.3) is 0 Å². The lowest BCUT2D eigenvalue weighted by molar-refractivity contribution is 0.0695. The summed E-state index contributed by atoms with van der Waals surface area (Å²) in [4.78, 5) is 5.42. The molecule has 0 bridgehead atoms. The van der Waals surface area contributed by atoms with Crippen molar-refractivity contribution in [2.75, 3.05) is 13.2 Å². The number of hydrogen-bond acceptors (Lipinski definition) is 4. The molecule has 0 aromatic heterocycles. The maximum Gasteiger partial charge on any atom is 0.141 e. The minimum atomic E-state index is 0.0459. The first kappa shape index (κ1) is 13.0. The molecule has 0 unspecified atom stereocenters. The van der Waals surface area contributed by atoms with E-state index in [0.717, 1.165) is 18.7 Å². The molecule has 1 fully saturated rings. The fourth-order valence-corrected chi connectivity index (χ4v) is 1.53. The summed E-state index contributed by atoms with van der Waals surface area (Å²) in [5.74, 6) is 6.04. The van der Waals surface area contributed by atoms with Crippen LogP contribution in [0, 0.1) is 17.8 Å². The lowest BCUT2D eigenvalue weighted by Crippen LogP contribution is -2.24. The summed E-state index contributed by atoms with van der Waals surface area (Å²) < 4.78 is 0. The predicted molar refractivity (Wildman–Crippen MR) is 64.1 cm³/mol. The minimum Gasteiger partial charge on any atom is -0.395 e. The first-order valence-corrected chi connectivity index (χ1v) is 5.68.